The Bertz CT molecular complexity index is 485. The number of aryl methyl sites for hydroxylation is 1. The molecule has 4 N–H and O–H groups in total. The average Bonchev–Trinajstić information content (AvgIpc) is 2.28. The molecule has 1 rings (SSSR count). The van der Waals surface area contributed by atoms with E-state index in [0.29, 0.717) is 5.69 Å². The van der Waals surface area contributed by atoms with Crippen LogP contribution in [-0.4, -0.2) is 26.2 Å². The fourth-order valence-electron chi connectivity index (χ4n) is 1.43. The van der Waals surface area contributed by atoms with Crippen LogP contribution in [0.5, 0.6) is 0 Å². The van der Waals surface area contributed by atoms with E-state index in [-0.39, 0.29) is 11.5 Å². The van der Waals surface area contributed by atoms with Gasteiger partial charge in [-0.05, 0) is 31.0 Å². The highest BCUT2D eigenvalue weighted by atomic mass is 32.2. The van der Waals surface area contributed by atoms with E-state index in [1.165, 1.54) is 12.1 Å². The van der Waals surface area contributed by atoms with Crippen LogP contribution in [0.15, 0.2) is 23.1 Å². The molecule has 0 fully saturated rings. The Hall–Kier alpha value is -1.11. The first-order chi connectivity index (χ1) is 7.90. The van der Waals surface area contributed by atoms with Crippen molar-refractivity contribution in [3.05, 3.63) is 23.8 Å². The van der Waals surface area contributed by atoms with Gasteiger partial charge in [0.05, 0.1) is 11.5 Å². The van der Waals surface area contributed by atoms with Gasteiger partial charge in [-0.25, -0.2) is 13.1 Å². The lowest BCUT2D eigenvalue weighted by Crippen LogP contribution is -2.35. The Kier molecular flexibility index (Phi) is 4.50. The molecule has 5 nitrogen and oxygen atoms in total. The van der Waals surface area contributed by atoms with Crippen LogP contribution in [0.4, 0.5) is 5.69 Å². The molecule has 0 saturated carbocycles. The van der Waals surface area contributed by atoms with Crippen LogP contribution in [-0.2, 0) is 16.4 Å². The molecule has 0 saturated heterocycles. The van der Waals surface area contributed by atoms with Crippen molar-refractivity contribution in [1.82, 2.24) is 4.72 Å². The van der Waals surface area contributed by atoms with Crippen molar-refractivity contribution in [1.29, 1.82) is 0 Å². The molecule has 0 aliphatic heterocycles. The first-order valence-electron chi connectivity index (χ1n) is 5.42. The minimum atomic E-state index is -3.61. The minimum Gasteiger partial charge on any atom is -0.398 e. The molecule has 0 amide bonds. The van der Waals surface area contributed by atoms with Gasteiger partial charge in [-0.1, -0.05) is 13.0 Å². The molecule has 1 atom stereocenters. The van der Waals surface area contributed by atoms with Crippen LogP contribution in [0.25, 0.3) is 0 Å². The molecule has 0 unspecified atom stereocenters. The van der Waals surface area contributed by atoms with Gasteiger partial charge in [0.2, 0.25) is 10.0 Å². The monoisotopic (exact) mass is 258 g/mol. The summed E-state index contributed by atoms with van der Waals surface area (Å²) in [6.07, 6.45) is 0.757. The molecule has 0 radical (unpaired) electrons. The van der Waals surface area contributed by atoms with Crippen molar-refractivity contribution in [3.63, 3.8) is 0 Å². The molecule has 1 aromatic carbocycles. The normalized spacial score (nSPS) is 13.6. The maximum atomic E-state index is 11.9. The van der Waals surface area contributed by atoms with E-state index in [4.69, 9.17) is 10.8 Å². The molecule has 0 heterocycles. The molecule has 0 spiro atoms. The van der Waals surface area contributed by atoms with Crippen molar-refractivity contribution in [3.8, 4) is 0 Å². The SMILES string of the molecule is CCc1ccc(S(=O)(=O)N[C@@H](C)CO)cc1N. The second-order valence-corrected chi connectivity index (χ2v) is 5.63. The van der Waals surface area contributed by atoms with Crippen molar-refractivity contribution < 1.29 is 13.5 Å². The van der Waals surface area contributed by atoms with Crippen molar-refractivity contribution in [2.24, 2.45) is 0 Å². The van der Waals surface area contributed by atoms with E-state index in [2.05, 4.69) is 4.72 Å². The van der Waals surface area contributed by atoms with Crippen LogP contribution in [0.3, 0.4) is 0 Å². The highest BCUT2D eigenvalue weighted by molar-refractivity contribution is 7.89. The Morgan fingerprint density at radius 3 is 2.59 bits per heavy atom. The number of nitrogens with two attached hydrogens (primary N) is 1. The molecule has 0 aliphatic rings. The third-order valence-corrected chi connectivity index (χ3v) is 4.03. The van der Waals surface area contributed by atoms with Crippen LogP contribution in [0.1, 0.15) is 19.4 Å². The van der Waals surface area contributed by atoms with E-state index in [1.807, 2.05) is 6.92 Å². The van der Waals surface area contributed by atoms with E-state index in [9.17, 15) is 8.42 Å². The van der Waals surface area contributed by atoms with Crippen LogP contribution in [0, 0.1) is 0 Å². The van der Waals surface area contributed by atoms with E-state index in [0.717, 1.165) is 12.0 Å². The Morgan fingerprint density at radius 2 is 2.12 bits per heavy atom. The summed E-state index contributed by atoms with van der Waals surface area (Å²) in [5, 5.41) is 8.83. The van der Waals surface area contributed by atoms with Crippen LogP contribution >= 0.6 is 0 Å². The zero-order valence-corrected chi connectivity index (χ0v) is 10.8. The molecule has 0 aliphatic carbocycles. The number of anilines is 1. The summed E-state index contributed by atoms with van der Waals surface area (Å²) in [6, 6.07) is 4.13. The highest BCUT2D eigenvalue weighted by Gasteiger charge is 2.17. The quantitative estimate of drug-likeness (QED) is 0.670. The number of benzene rings is 1. The molecule has 0 bridgehead atoms. The number of aliphatic hydroxyl groups is 1. The van der Waals surface area contributed by atoms with Gasteiger partial charge in [-0.3, -0.25) is 0 Å². The minimum absolute atomic E-state index is 0.118. The van der Waals surface area contributed by atoms with Crippen molar-refractivity contribution in [2.75, 3.05) is 12.3 Å². The van der Waals surface area contributed by atoms with E-state index in [1.54, 1.807) is 13.0 Å². The lowest BCUT2D eigenvalue weighted by atomic mass is 10.1. The standard InChI is InChI=1S/C11H18N2O3S/c1-3-9-4-5-10(6-11(9)12)17(15,16)13-8(2)7-14/h4-6,8,13-14H,3,7,12H2,1-2H3/t8-/m0/s1. The highest BCUT2D eigenvalue weighted by Crippen LogP contribution is 2.18. The fourth-order valence-corrected chi connectivity index (χ4v) is 2.70. The van der Waals surface area contributed by atoms with Gasteiger partial charge in [0.15, 0.2) is 0 Å². The third kappa shape index (κ3) is 3.42. The lowest BCUT2D eigenvalue weighted by molar-refractivity contribution is 0.265. The van der Waals surface area contributed by atoms with Gasteiger partial charge < -0.3 is 10.8 Å². The molecule has 17 heavy (non-hydrogen) atoms. The summed E-state index contributed by atoms with van der Waals surface area (Å²) < 4.78 is 26.1. The van der Waals surface area contributed by atoms with Gasteiger partial charge in [0, 0.05) is 11.7 Å². The Labute approximate surface area is 102 Å². The van der Waals surface area contributed by atoms with Crippen molar-refractivity contribution in [2.45, 2.75) is 31.2 Å². The number of sulfonamides is 1. The number of rotatable bonds is 5. The number of hydrogen-bond acceptors (Lipinski definition) is 4. The maximum Gasteiger partial charge on any atom is 0.240 e. The molecule has 1 aromatic rings. The smallest absolute Gasteiger partial charge is 0.240 e. The summed E-state index contributed by atoms with van der Waals surface area (Å²) in [5.41, 5.74) is 7.13. The maximum absolute atomic E-state index is 11.9. The Morgan fingerprint density at radius 1 is 1.47 bits per heavy atom. The number of hydrogen-bond donors (Lipinski definition) is 3. The second-order valence-electron chi connectivity index (χ2n) is 3.92. The van der Waals surface area contributed by atoms with Gasteiger partial charge in [-0.15, -0.1) is 0 Å². The first kappa shape index (κ1) is 14.0. The van der Waals surface area contributed by atoms with Gasteiger partial charge in [0.1, 0.15) is 0 Å². The number of nitrogens with one attached hydrogen (secondary N) is 1. The zero-order chi connectivity index (χ0) is 13.1. The molecule has 6 heteroatoms. The topological polar surface area (TPSA) is 92.4 Å². The molecule has 0 aromatic heterocycles. The largest absolute Gasteiger partial charge is 0.398 e. The summed E-state index contributed by atoms with van der Waals surface area (Å²) in [6.45, 7) is 3.29. The predicted molar refractivity (Wildman–Crippen MR) is 67.1 cm³/mol. The van der Waals surface area contributed by atoms with E-state index >= 15 is 0 Å². The second kappa shape index (κ2) is 5.48. The lowest BCUT2D eigenvalue weighted by Gasteiger charge is -2.12. The summed E-state index contributed by atoms with van der Waals surface area (Å²) >= 11 is 0. The fraction of sp³-hybridized carbons (Fsp3) is 0.455. The Balaban J connectivity index is 3.04. The van der Waals surface area contributed by atoms with Gasteiger partial charge in [0.25, 0.3) is 0 Å². The van der Waals surface area contributed by atoms with Crippen LogP contribution < -0.4 is 10.5 Å². The van der Waals surface area contributed by atoms with Crippen molar-refractivity contribution >= 4 is 15.7 Å². The third-order valence-electron chi connectivity index (χ3n) is 2.44. The van der Waals surface area contributed by atoms with E-state index < -0.39 is 16.1 Å². The number of nitrogen functional groups attached to an aromatic ring is 1. The summed E-state index contributed by atoms with van der Waals surface area (Å²) in [7, 11) is -3.61. The molecular weight excluding hydrogens is 240 g/mol. The average molecular weight is 258 g/mol. The molecular formula is C11H18N2O3S. The predicted octanol–water partition coefficient (Wildman–Crippen LogP) is 0.490. The number of aliphatic hydroxyl groups excluding tert-OH is 1. The first-order valence-corrected chi connectivity index (χ1v) is 6.90. The molecule has 96 valence electrons. The zero-order valence-electron chi connectivity index (χ0n) is 9.97. The summed E-state index contributed by atoms with van der Waals surface area (Å²) in [5.74, 6) is 0. The summed E-state index contributed by atoms with van der Waals surface area (Å²) in [4.78, 5) is 0.118. The van der Waals surface area contributed by atoms with Gasteiger partial charge in [-0.2, -0.15) is 0 Å². The van der Waals surface area contributed by atoms with Gasteiger partial charge >= 0.3 is 0 Å². The van der Waals surface area contributed by atoms with Crippen LogP contribution in [0.2, 0.25) is 0 Å².